The van der Waals surface area contributed by atoms with Gasteiger partial charge in [-0.15, -0.1) is 0 Å². The van der Waals surface area contributed by atoms with Crippen LogP contribution in [0.4, 0.5) is 11.4 Å². The number of ketones is 1. The summed E-state index contributed by atoms with van der Waals surface area (Å²) in [4.78, 5) is 17.8. The van der Waals surface area contributed by atoms with Crippen molar-refractivity contribution in [2.45, 2.75) is 46.5 Å². The van der Waals surface area contributed by atoms with Crippen molar-refractivity contribution in [1.29, 1.82) is 5.26 Å². The Labute approximate surface area is 207 Å². The molecule has 5 nitrogen and oxygen atoms in total. The van der Waals surface area contributed by atoms with Gasteiger partial charge in [-0.1, -0.05) is 37.6 Å². The topological polar surface area (TPSA) is 73.4 Å². The first-order chi connectivity index (χ1) is 16.2. The van der Waals surface area contributed by atoms with E-state index in [9.17, 15) is 10.1 Å². The predicted octanol–water partition coefficient (Wildman–Crippen LogP) is 6.13. The number of hydrogen-bond acceptors (Lipinski definition) is 5. The van der Waals surface area contributed by atoms with Gasteiger partial charge in [-0.2, -0.15) is 5.26 Å². The molecule has 0 amide bonds. The second-order valence-electron chi connectivity index (χ2n) is 9.72. The Bertz CT molecular complexity index is 1200. The minimum atomic E-state index is -0.474. The van der Waals surface area contributed by atoms with Crippen LogP contribution < -0.4 is 15.5 Å². The Morgan fingerprint density at radius 2 is 1.71 bits per heavy atom. The van der Waals surface area contributed by atoms with E-state index in [0.29, 0.717) is 34.8 Å². The van der Waals surface area contributed by atoms with Gasteiger partial charge in [-0.25, -0.2) is 0 Å². The van der Waals surface area contributed by atoms with Crippen LogP contribution >= 0.6 is 11.6 Å². The van der Waals surface area contributed by atoms with Crippen LogP contribution in [0.25, 0.3) is 0 Å². The second-order valence-corrected chi connectivity index (χ2v) is 10.2. The highest BCUT2D eigenvalue weighted by molar-refractivity contribution is 6.30. The highest BCUT2D eigenvalue weighted by Gasteiger charge is 2.44. The largest absolute Gasteiger partial charge is 0.384 e. The van der Waals surface area contributed by atoms with Crippen LogP contribution in [0.3, 0.4) is 0 Å². The fourth-order valence-electron chi connectivity index (χ4n) is 5.19. The summed E-state index contributed by atoms with van der Waals surface area (Å²) in [6.45, 7) is 10.3. The van der Waals surface area contributed by atoms with Crippen molar-refractivity contribution in [2.75, 3.05) is 22.9 Å². The van der Waals surface area contributed by atoms with Crippen LogP contribution in [0.15, 0.2) is 71.2 Å². The van der Waals surface area contributed by atoms with Crippen molar-refractivity contribution in [3.8, 4) is 6.07 Å². The normalized spacial score (nSPS) is 19.7. The van der Waals surface area contributed by atoms with Crippen molar-refractivity contribution in [3.05, 3.63) is 81.8 Å². The maximum atomic E-state index is 13.6. The number of nitriles is 1. The standard InChI is InChI=1S/C28H31ClN4O/c1-5-32(6-2)20-11-7-18(8-12-20)25-22(17-30)27(31)33(21-13-9-19(29)10-14-21)23-15-28(3,4)16-24(34)26(23)25/h7-14,25H,5-6,15-16,31H2,1-4H3. The number of anilines is 2. The van der Waals surface area contributed by atoms with Gasteiger partial charge in [-0.05, 0) is 67.6 Å². The fraction of sp³-hybridized carbons (Fsp3) is 0.357. The van der Waals surface area contributed by atoms with Crippen molar-refractivity contribution < 1.29 is 4.79 Å². The molecule has 0 aromatic heterocycles. The van der Waals surface area contributed by atoms with E-state index in [0.717, 1.165) is 35.7 Å². The molecule has 1 heterocycles. The number of rotatable bonds is 5. The first-order valence-electron chi connectivity index (χ1n) is 11.8. The molecule has 1 atom stereocenters. The third-order valence-corrected chi connectivity index (χ3v) is 7.07. The molecule has 0 spiro atoms. The summed E-state index contributed by atoms with van der Waals surface area (Å²) in [5, 5.41) is 10.8. The minimum Gasteiger partial charge on any atom is -0.384 e. The lowest BCUT2D eigenvalue weighted by Crippen LogP contribution is -2.42. The van der Waals surface area contributed by atoms with Crippen molar-refractivity contribution in [3.63, 3.8) is 0 Å². The third-order valence-electron chi connectivity index (χ3n) is 6.82. The quantitative estimate of drug-likeness (QED) is 0.564. The molecule has 0 bridgehead atoms. The number of nitrogens with two attached hydrogens (primary N) is 1. The molecule has 2 N–H and O–H groups in total. The van der Waals surface area contributed by atoms with Crippen LogP contribution in [0.1, 0.15) is 52.0 Å². The first kappa shape index (κ1) is 23.9. The molecule has 2 aromatic rings. The van der Waals surface area contributed by atoms with Gasteiger partial charge in [0.25, 0.3) is 0 Å². The number of nitrogens with zero attached hydrogens (tertiary/aromatic N) is 3. The van der Waals surface area contributed by atoms with Crippen molar-refractivity contribution in [2.24, 2.45) is 11.1 Å². The average molecular weight is 475 g/mol. The average Bonchev–Trinajstić information content (AvgIpc) is 2.80. The lowest BCUT2D eigenvalue weighted by atomic mass is 9.68. The molecular formula is C28H31ClN4O. The Hall–Kier alpha value is -3.23. The molecule has 0 saturated heterocycles. The van der Waals surface area contributed by atoms with E-state index in [1.807, 2.05) is 29.2 Å². The molecule has 2 aliphatic rings. The molecule has 2 aromatic carbocycles. The van der Waals surface area contributed by atoms with Crippen molar-refractivity contribution >= 4 is 28.8 Å². The van der Waals surface area contributed by atoms with Crippen LogP contribution in [-0.4, -0.2) is 18.9 Å². The number of carbonyl (C=O) groups excluding carboxylic acids is 1. The van der Waals surface area contributed by atoms with E-state index in [1.54, 1.807) is 12.1 Å². The highest BCUT2D eigenvalue weighted by atomic mass is 35.5. The molecule has 6 heteroatoms. The van der Waals surface area contributed by atoms with Crippen LogP contribution in [-0.2, 0) is 4.79 Å². The molecular weight excluding hydrogens is 444 g/mol. The summed E-state index contributed by atoms with van der Waals surface area (Å²) in [6, 6.07) is 17.9. The zero-order valence-corrected chi connectivity index (χ0v) is 21.0. The lowest BCUT2D eigenvalue weighted by Gasteiger charge is -2.43. The smallest absolute Gasteiger partial charge is 0.162 e. The molecule has 0 radical (unpaired) electrons. The molecule has 1 unspecified atom stereocenters. The molecule has 34 heavy (non-hydrogen) atoms. The molecule has 0 fully saturated rings. The zero-order chi connectivity index (χ0) is 24.6. The molecule has 176 valence electrons. The second kappa shape index (κ2) is 9.19. The lowest BCUT2D eigenvalue weighted by molar-refractivity contribution is -0.118. The summed E-state index contributed by atoms with van der Waals surface area (Å²) in [5.74, 6) is -0.0342. The van der Waals surface area contributed by atoms with Gasteiger partial charge < -0.3 is 10.6 Å². The molecule has 4 rings (SSSR count). The Morgan fingerprint density at radius 1 is 1.09 bits per heavy atom. The van der Waals surface area contributed by atoms with E-state index >= 15 is 0 Å². The van der Waals surface area contributed by atoms with Gasteiger partial charge in [-0.3, -0.25) is 9.69 Å². The van der Waals surface area contributed by atoms with Gasteiger partial charge in [0.05, 0.1) is 17.6 Å². The number of halogens is 1. The summed E-state index contributed by atoms with van der Waals surface area (Å²) in [7, 11) is 0. The van der Waals surface area contributed by atoms with E-state index < -0.39 is 5.92 Å². The summed E-state index contributed by atoms with van der Waals surface area (Å²) < 4.78 is 0. The van der Waals surface area contributed by atoms with Crippen LogP contribution in [0.5, 0.6) is 0 Å². The number of benzene rings is 2. The Morgan fingerprint density at radius 3 is 2.26 bits per heavy atom. The number of carbonyl (C=O) groups is 1. The SMILES string of the molecule is CCN(CC)c1ccc(C2C(C#N)=C(N)N(c3ccc(Cl)cc3)C3=C2C(=O)CC(C)(C)C3)cc1. The first-order valence-corrected chi connectivity index (χ1v) is 12.1. The summed E-state index contributed by atoms with van der Waals surface area (Å²) in [5.41, 5.74) is 11.3. The maximum Gasteiger partial charge on any atom is 0.162 e. The van der Waals surface area contributed by atoms with Gasteiger partial charge >= 0.3 is 0 Å². The monoisotopic (exact) mass is 474 g/mol. The molecule has 1 aliphatic heterocycles. The van der Waals surface area contributed by atoms with Crippen LogP contribution in [0, 0.1) is 16.7 Å². The number of Topliss-reactive ketones (excluding diaryl/α,β-unsaturated/α-hetero) is 1. The van der Waals surface area contributed by atoms with Gasteiger partial charge in [0.15, 0.2) is 5.78 Å². The van der Waals surface area contributed by atoms with E-state index in [2.05, 4.69) is 50.8 Å². The van der Waals surface area contributed by atoms with E-state index in [4.69, 9.17) is 17.3 Å². The summed E-state index contributed by atoms with van der Waals surface area (Å²) in [6.07, 6.45) is 1.12. The highest BCUT2D eigenvalue weighted by Crippen LogP contribution is 2.50. The van der Waals surface area contributed by atoms with E-state index in [1.165, 1.54) is 0 Å². The number of hydrogen-bond donors (Lipinski definition) is 1. The molecule has 0 saturated carbocycles. The van der Waals surface area contributed by atoms with Gasteiger partial charge in [0.1, 0.15) is 5.82 Å². The Kier molecular flexibility index (Phi) is 6.47. The van der Waals surface area contributed by atoms with Gasteiger partial charge in [0.2, 0.25) is 0 Å². The van der Waals surface area contributed by atoms with Crippen molar-refractivity contribution in [1.82, 2.24) is 0 Å². The summed E-state index contributed by atoms with van der Waals surface area (Å²) >= 11 is 6.12. The van der Waals surface area contributed by atoms with Gasteiger partial charge in [0, 0.05) is 47.2 Å². The zero-order valence-electron chi connectivity index (χ0n) is 20.2. The third kappa shape index (κ3) is 4.19. The predicted molar refractivity (Wildman–Crippen MR) is 139 cm³/mol. The Balaban J connectivity index is 1.90. The number of allylic oxidation sites excluding steroid dienone is 3. The minimum absolute atomic E-state index is 0.0725. The molecule has 1 aliphatic carbocycles. The fourth-order valence-corrected chi connectivity index (χ4v) is 5.32. The van der Waals surface area contributed by atoms with E-state index in [-0.39, 0.29) is 11.2 Å². The van der Waals surface area contributed by atoms with Crippen LogP contribution in [0.2, 0.25) is 5.02 Å². The maximum absolute atomic E-state index is 13.6.